The van der Waals surface area contributed by atoms with Gasteiger partial charge in [0.2, 0.25) is 0 Å². The first-order chi connectivity index (χ1) is 8.52. The zero-order valence-electron chi connectivity index (χ0n) is 10.1. The van der Waals surface area contributed by atoms with E-state index in [1.54, 1.807) is 6.92 Å². The predicted molar refractivity (Wildman–Crippen MR) is 69.0 cm³/mol. The summed E-state index contributed by atoms with van der Waals surface area (Å²) in [6.07, 6.45) is 0.147. The summed E-state index contributed by atoms with van der Waals surface area (Å²) in [4.78, 5) is 13.1. The smallest absolute Gasteiger partial charge is 0.304 e. The van der Waals surface area contributed by atoms with Gasteiger partial charge in [0.25, 0.3) is 0 Å². The van der Waals surface area contributed by atoms with E-state index in [9.17, 15) is 15.2 Å². The molecule has 1 aliphatic heterocycles. The van der Waals surface area contributed by atoms with E-state index in [1.165, 1.54) is 17.4 Å². The van der Waals surface area contributed by atoms with Crippen molar-refractivity contribution in [2.75, 3.05) is 24.6 Å². The van der Waals surface area contributed by atoms with E-state index in [0.717, 1.165) is 6.42 Å². The highest BCUT2D eigenvalue weighted by molar-refractivity contribution is 7.16. The molecule has 0 spiro atoms. The van der Waals surface area contributed by atoms with Gasteiger partial charge in [0.15, 0.2) is 5.00 Å². The van der Waals surface area contributed by atoms with Crippen molar-refractivity contribution in [3.63, 3.8) is 0 Å². The van der Waals surface area contributed by atoms with Crippen molar-refractivity contribution in [3.05, 3.63) is 21.1 Å². The van der Waals surface area contributed by atoms with Crippen molar-refractivity contribution in [2.45, 2.75) is 19.4 Å². The number of hydrogen-bond acceptors (Lipinski definition) is 6. The fourth-order valence-electron chi connectivity index (χ4n) is 2.12. The Bertz CT molecular complexity index is 446. The lowest BCUT2D eigenvalue weighted by Gasteiger charge is -2.15. The third kappa shape index (κ3) is 2.47. The summed E-state index contributed by atoms with van der Waals surface area (Å²) in [5, 5.41) is 30.2. The van der Waals surface area contributed by atoms with Crippen LogP contribution in [0.15, 0.2) is 6.07 Å². The zero-order chi connectivity index (χ0) is 13.3. The van der Waals surface area contributed by atoms with E-state index in [1.807, 2.05) is 4.90 Å². The van der Waals surface area contributed by atoms with Gasteiger partial charge in [-0.3, -0.25) is 10.1 Å². The lowest BCUT2D eigenvalue weighted by Crippen LogP contribution is -2.20. The molecule has 1 aromatic rings. The predicted octanol–water partition coefficient (Wildman–Crippen LogP) is 1.53. The lowest BCUT2D eigenvalue weighted by atomic mass is 10.1. The van der Waals surface area contributed by atoms with Crippen molar-refractivity contribution in [3.8, 4) is 0 Å². The van der Waals surface area contributed by atoms with E-state index in [4.69, 9.17) is 5.11 Å². The van der Waals surface area contributed by atoms with Crippen LogP contribution in [0, 0.1) is 16.0 Å². The largest absolute Gasteiger partial charge is 0.396 e. The summed E-state index contributed by atoms with van der Waals surface area (Å²) in [6.45, 7) is 3.06. The summed E-state index contributed by atoms with van der Waals surface area (Å²) >= 11 is 1.26. The van der Waals surface area contributed by atoms with Gasteiger partial charge in [-0.05, 0) is 13.3 Å². The third-order valence-corrected chi connectivity index (χ3v) is 4.51. The molecule has 0 saturated carbocycles. The van der Waals surface area contributed by atoms with E-state index in [0.29, 0.717) is 23.0 Å². The Morgan fingerprint density at radius 1 is 1.72 bits per heavy atom. The molecular formula is C11H16N2O4S. The Balaban J connectivity index is 2.28. The molecular weight excluding hydrogens is 256 g/mol. The molecule has 2 atom stereocenters. The second-order valence-corrected chi connectivity index (χ2v) is 5.62. The van der Waals surface area contributed by atoms with Crippen molar-refractivity contribution in [1.82, 2.24) is 0 Å². The number of rotatable bonds is 4. The number of thiophene rings is 1. The average Bonchev–Trinajstić information content (AvgIpc) is 2.95. The normalized spacial score (nSPS) is 21.3. The maximum absolute atomic E-state index is 11.0. The van der Waals surface area contributed by atoms with Crippen LogP contribution in [0.2, 0.25) is 0 Å². The van der Waals surface area contributed by atoms with E-state index in [2.05, 4.69) is 0 Å². The Hall–Kier alpha value is -1.18. The van der Waals surface area contributed by atoms with Crippen LogP contribution in [0.3, 0.4) is 0 Å². The van der Waals surface area contributed by atoms with Crippen LogP contribution in [0.5, 0.6) is 0 Å². The molecule has 0 aromatic carbocycles. The molecule has 2 rings (SSSR count). The third-order valence-electron chi connectivity index (χ3n) is 3.15. The van der Waals surface area contributed by atoms with Gasteiger partial charge >= 0.3 is 5.69 Å². The number of hydrogen-bond donors (Lipinski definition) is 2. The van der Waals surface area contributed by atoms with Crippen LogP contribution >= 0.6 is 11.3 Å². The molecule has 18 heavy (non-hydrogen) atoms. The van der Waals surface area contributed by atoms with Crippen LogP contribution in [0.4, 0.5) is 10.7 Å². The second-order valence-electron chi connectivity index (χ2n) is 4.56. The standard InChI is InChI=1S/C11H16N2O4S/c1-7(15)10-4-9(13(16)17)11(18-10)12-3-2-8(5-12)6-14/h4,7-8,14-15H,2-3,5-6H2,1H3/t7-,8?/m1/s1. The molecule has 1 saturated heterocycles. The fourth-order valence-corrected chi connectivity index (χ4v) is 3.22. The van der Waals surface area contributed by atoms with Crippen LogP contribution in [0.25, 0.3) is 0 Å². The maximum atomic E-state index is 11.0. The number of nitrogens with zero attached hydrogens (tertiary/aromatic N) is 2. The van der Waals surface area contributed by atoms with E-state index < -0.39 is 11.0 Å². The topological polar surface area (TPSA) is 86.8 Å². The molecule has 0 amide bonds. The van der Waals surface area contributed by atoms with Gasteiger partial charge in [0, 0.05) is 36.6 Å². The van der Waals surface area contributed by atoms with E-state index in [-0.39, 0.29) is 18.2 Å². The molecule has 2 heterocycles. The number of aliphatic hydroxyl groups is 2. The Morgan fingerprint density at radius 3 is 2.94 bits per heavy atom. The van der Waals surface area contributed by atoms with Gasteiger partial charge < -0.3 is 15.1 Å². The summed E-state index contributed by atoms with van der Waals surface area (Å²) in [5.41, 5.74) is 0.0505. The first-order valence-corrected chi connectivity index (χ1v) is 6.66. The first-order valence-electron chi connectivity index (χ1n) is 5.85. The Morgan fingerprint density at radius 2 is 2.44 bits per heavy atom. The molecule has 1 aromatic heterocycles. The minimum atomic E-state index is -0.696. The highest BCUT2D eigenvalue weighted by atomic mass is 32.1. The van der Waals surface area contributed by atoms with Crippen molar-refractivity contribution in [1.29, 1.82) is 0 Å². The quantitative estimate of drug-likeness (QED) is 0.641. The van der Waals surface area contributed by atoms with Gasteiger partial charge in [0.1, 0.15) is 0 Å². The number of aliphatic hydroxyl groups excluding tert-OH is 2. The summed E-state index contributed by atoms with van der Waals surface area (Å²) in [5.74, 6) is 0.182. The molecule has 1 fully saturated rings. The van der Waals surface area contributed by atoms with Crippen LogP contribution in [-0.2, 0) is 0 Å². The van der Waals surface area contributed by atoms with Crippen molar-refractivity contribution in [2.24, 2.45) is 5.92 Å². The van der Waals surface area contributed by atoms with Gasteiger partial charge in [0.05, 0.1) is 11.0 Å². The second kappa shape index (κ2) is 5.21. The molecule has 0 bridgehead atoms. The minimum Gasteiger partial charge on any atom is -0.396 e. The Labute approximate surface area is 109 Å². The molecule has 6 nitrogen and oxygen atoms in total. The highest BCUT2D eigenvalue weighted by Gasteiger charge is 2.30. The number of nitro groups is 1. The van der Waals surface area contributed by atoms with Gasteiger partial charge in [-0.1, -0.05) is 0 Å². The molecule has 0 radical (unpaired) electrons. The molecule has 0 aliphatic carbocycles. The van der Waals surface area contributed by atoms with Gasteiger partial charge in [-0.25, -0.2) is 0 Å². The molecule has 100 valence electrons. The summed E-state index contributed by atoms with van der Waals surface area (Å²) < 4.78 is 0. The monoisotopic (exact) mass is 272 g/mol. The van der Waals surface area contributed by atoms with Crippen molar-refractivity contribution >= 4 is 22.0 Å². The van der Waals surface area contributed by atoms with Crippen LogP contribution in [-0.4, -0.2) is 34.8 Å². The Kier molecular flexibility index (Phi) is 3.84. The highest BCUT2D eigenvalue weighted by Crippen LogP contribution is 2.41. The minimum absolute atomic E-state index is 0.0505. The molecule has 1 aliphatic rings. The average molecular weight is 272 g/mol. The fraction of sp³-hybridized carbons (Fsp3) is 0.636. The number of anilines is 1. The molecule has 7 heteroatoms. The zero-order valence-corrected chi connectivity index (χ0v) is 10.9. The SMILES string of the molecule is C[C@@H](O)c1cc([N+](=O)[O-])c(N2CCC(CO)C2)s1. The first kappa shape index (κ1) is 13.3. The van der Waals surface area contributed by atoms with Crippen molar-refractivity contribution < 1.29 is 15.1 Å². The summed E-state index contributed by atoms with van der Waals surface area (Å²) in [6, 6.07) is 1.44. The molecule has 2 N–H and O–H groups in total. The van der Waals surface area contributed by atoms with E-state index >= 15 is 0 Å². The molecule has 1 unspecified atom stereocenters. The van der Waals surface area contributed by atoms with Gasteiger partial charge in [-0.2, -0.15) is 0 Å². The van der Waals surface area contributed by atoms with Gasteiger partial charge in [-0.15, -0.1) is 11.3 Å². The van der Waals surface area contributed by atoms with Crippen LogP contribution in [0.1, 0.15) is 24.3 Å². The maximum Gasteiger partial charge on any atom is 0.304 e. The summed E-state index contributed by atoms with van der Waals surface area (Å²) in [7, 11) is 0. The lowest BCUT2D eigenvalue weighted by molar-refractivity contribution is -0.383. The van der Waals surface area contributed by atoms with Crippen LogP contribution < -0.4 is 4.90 Å².